The first-order valence-electron chi connectivity index (χ1n) is 8.77. The van der Waals surface area contributed by atoms with Crippen molar-refractivity contribution in [3.05, 3.63) is 70.2 Å². The maximum absolute atomic E-state index is 6.12. The van der Waals surface area contributed by atoms with E-state index < -0.39 is 0 Å². The van der Waals surface area contributed by atoms with Gasteiger partial charge in [0.2, 0.25) is 0 Å². The second-order valence-corrected chi connectivity index (χ2v) is 7.20. The van der Waals surface area contributed by atoms with Gasteiger partial charge >= 0.3 is 0 Å². The third kappa shape index (κ3) is 4.37. The van der Waals surface area contributed by atoms with Gasteiger partial charge in [-0.2, -0.15) is 0 Å². The molecule has 1 nitrogen and oxygen atoms in total. The van der Waals surface area contributed by atoms with Crippen LogP contribution >= 0.6 is 11.6 Å². The molecule has 23 heavy (non-hydrogen) atoms. The molecule has 0 aromatic heterocycles. The van der Waals surface area contributed by atoms with E-state index in [4.69, 9.17) is 11.6 Å². The van der Waals surface area contributed by atoms with E-state index in [1.54, 1.807) is 0 Å². The molecule has 2 heteroatoms. The van der Waals surface area contributed by atoms with Crippen molar-refractivity contribution in [1.82, 2.24) is 5.32 Å². The number of halogens is 1. The Balaban J connectivity index is 1.40. The van der Waals surface area contributed by atoms with Crippen LogP contribution in [0.25, 0.3) is 0 Å². The molecule has 0 fully saturated rings. The highest BCUT2D eigenvalue weighted by Gasteiger charge is 2.28. The molecule has 1 aliphatic rings. The van der Waals surface area contributed by atoms with Crippen molar-refractivity contribution in [3.8, 4) is 0 Å². The molecule has 122 valence electrons. The summed E-state index contributed by atoms with van der Waals surface area (Å²) in [6.45, 7) is 4.55. The van der Waals surface area contributed by atoms with Crippen molar-refractivity contribution in [2.45, 2.75) is 38.5 Å². The molecule has 0 spiro atoms. The Morgan fingerprint density at radius 1 is 1.09 bits per heavy atom. The van der Waals surface area contributed by atoms with Gasteiger partial charge in [0, 0.05) is 5.02 Å². The van der Waals surface area contributed by atoms with Crippen LogP contribution in [0.5, 0.6) is 0 Å². The van der Waals surface area contributed by atoms with Gasteiger partial charge in [-0.1, -0.05) is 54.9 Å². The Morgan fingerprint density at radius 3 is 2.74 bits per heavy atom. The van der Waals surface area contributed by atoms with Crippen molar-refractivity contribution in [1.29, 1.82) is 0 Å². The Labute approximate surface area is 145 Å². The van der Waals surface area contributed by atoms with Gasteiger partial charge in [-0.05, 0) is 79.4 Å². The molecule has 2 aromatic carbocycles. The molecular weight excluding hydrogens is 302 g/mol. The number of rotatable bonds is 7. The molecule has 0 bridgehead atoms. The minimum absolute atomic E-state index is 0.707. The van der Waals surface area contributed by atoms with E-state index in [9.17, 15) is 0 Å². The monoisotopic (exact) mass is 327 g/mol. The average molecular weight is 328 g/mol. The molecule has 1 N–H and O–H groups in total. The summed E-state index contributed by atoms with van der Waals surface area (Å²) in [5.74, 6) is 1.45. The van der Waals surface area contributed by atoms with Gasteiger partial charge in [-0.3, -0.25) is 0 Å². The lowest BCUT2D eigenvalue weighted by molar-refractivity contribution is 0.451. The highest BCUT2D eigenvalue weighted by Crippen LogP contribution is 2.41. The number of hydrogen-bond donors (Lipinski definition) is 1. The maximum atomic E-state index is 6.12. The summed E-state index contributed by atoms with van der Waals surface area (Å²) in [6.07, 6.45) is 4.81. The molecule has 1 unspecified atom stereocenters. The topological polar surface area (TPSA) is 12.0 Å². The van der Waals surface area contributed by atoms with E-state index in [1.807, 2.05) is 6.07 Å². The first-order chi connectivity index (χ1) is 11.2. The smallest absolute Gasteiger partial charge is 0.0408 e. The normalized spacial score (nSPS) is 19.7. The Morgan fingerprint density at radius 2 is 1.91 bits per heavy atom. The van der Waals surface area contributed by atoms with Crippen LogP contribution in [0, 0.1) is 5.92 Å². The van der Waals surface area contributed by atoms with Gasteiger partial charge in [-0.25, -0.2) is 0 Å². The molecule has 0 heterocycles. The third-order valence-corrected chi connectivity index (χ3v) is 5.27. The van der Waals surface area contributed by atoms with Crippen LogP contribution in [0.15, 0.2) is 48.5 Å². The third-order valence-electron chi connectivity index (χ3n) is 5.04. The molecular formula is C21H26ClN. The van der Waals surface area contributed by atoms with Crippen LogP contribution in [-0.2, 0) is 12.8 Å². The largest absolute Gasteiger partial charge is 0.316 e. The summed E-state index contributed by atoms with van der Waals surface area (Å²) in [5, 5.41) is 4.46. The summed E-state index contributed by atoms with van der Waals surface area (Å²) >= 11 is 6.12. The first-order valence-corrected chi connectivity index (χ1v) is 9.15. The van der Waals surface area contributed by atoms with Gasteiger partial charge in [0.25, 0.3) is 0 Å². The van der Waals surface area contributed by atoms with Crippen LogP contribution in [0.3, 0.4) is 0 Å². The van der Waals surface area contributed by atoms with Crippen LogP contribution in [0.4, 0.5) is 0 Å². The molecule has 0 amide bonds. The zero-order valence-electron chi connectivity index (χ0n) is 13.9. The van der Waals surface area contributed by atoms with Crippen molar-refractivity contribution in [2.24, 2.45) is 5.92 Å². The van der Waals surface area contributed by atoms with Gasteiger partial charge in [0.15, 0.2) is 0 Å². The van der Waals surface area contributed by atoms with Gasteiger partial charge in [-0.15, -0.1) is 0 Å². The van der Waals surface area contributed by atoms with E-state index in [0.29, 0.717) is 5.92 Å². The highest BCUT2D eigenvalue weighted by molar-refractivity contribution is 6.30. The second-order valence-electron chi connectivity index (χ2n) is 6.76. The van der Waals surface area contributed by atoms with E-state index >= 15 is 0 Å². The Bertz CT molecular complexity index is 623. The number of nitrogens with one attached hydrogen (secondary N) is 1. The number of benzene rings is 2. The summed E-state index contributed by atoms with van der Waals surface area (Å²) in [7, 11) is 0. The first kappa shape index (κ1) is 16.5. The number of fused-ring (bicyclic) bond motifs is 1. The van der Waals surface area contributed by atoms with Crippen molar-refractivity contribution in [3.63, 3.8) is 0 Å². The molecule has 3 rings (SSSR count). The van der Waals surface area contributed by atoms with Crippen LogP contribution in [0.1, 0.15) is 42.4 Å². The summed E-state index contributed by atoms with van der Waals surface area (Å²) in [6, 6.07) is 17.1. The minimum Gasteiger partial charge on any atom is -0.316 e. The zero-order valence-corrected chi connectivity index (χ0v) is 14.7. The zero-order chi connectivity index (χ0) is 16.1. The van der Waals surface area contributed by atoms with Crippen molar-refractivity contribution >= 4 is 11.6 Å². The van der Waals surface area contributed by atoms with Crippen molar-refractivity contribution in [2.75, 3.05) is 13.1 Å². The summed E-state index contributed by atoms with van der Waals surface area (Å²) in [4.78, 5) is 0. The van der Waals surface area contributed by atoms with Gasteiger partial charge < -0.3 is 5.32 Å². The maximum Gasteiger partial charge on any atom is 0.0408 e. The lowest BCUT2D eigenvalue weighted by Gasteiger charge is -2.17. The molecule has 2 atom stereocenters. The molecule has 0 saturated carbocycles. The lowest BCUT2D eigenvalue weighted by atomic mass is 9.89. The predicted molar refractivity (Wildman–Crippen MR) is 99.3 cm³/mol. The fraction of sp³-hybridized carbons (Fsp3) is 0.429. The van der Waals surface area contributed by atoms with Crippen LogP contribution in [-0.4, -0.2) is 13.1 Å². The highest BCUT2D eigenvalue weighted by atomic mass is 35.5. The Kier molecular flexibility index (Phi) is 5.75. The quantitative estimate of drug-likeness (QED) is 0.687. The molecule has 2 aromatic rings. The molecule has 1 aliphatic carbocycles. The second kappa shape index (κ2) is 7.99. The SMILES string of the molecule is C[C@@H]1Cc2cc(Cl)ccc2C1CCCNCCc1ccccc1. The van der Waals surface area contributed by atoms with Gasteiger partial charge in [0.05, 0.1) is 0 Å². The van der Waals surface area contributed by atoms with E-state index in [-0.39, 0.29) is 0 Å². The van der Waals surface area contributed by atoms with Crippen LogP contribution in [0.2, 0.25) is 5.02 Å². The van der Waals surface area contributed by atoms with E-state index in [0.717, 1.165) is 30.5 Å². The van der Waals surface area contributed by atoms with Crippen molar-refractivity contribution < 1.29 is 0 Å². The van der Waals surface area contributed by atoms with E-state index in [2.05, 4.69) is 54.7 Å². The standard InChI is InChI=1S/C21H26ClN/c1-16-14-18-15-19(22)9-10-21(18)20(16)8-5-12-23-13-11-17-6-3-2-4-7-17/h2-4,6-7,9-10,15-16,20,23H,5,8,11-14H2,1H3/t16-,20?/m1/s1. The minimum atomic E-state index is 0.707. The lowest BCUT2D eigenvalue weighted by Crippen LogP contribution is -2.19. The number of hydrogen-bond acceptors (Lipinski definition) is 1. The predicted octanol–water partition coefficient (Wildman–Crippen LogP) is 5.23. The fourth-order valence-corrected chi connectivity index (χ4v) is 3.99. The van der Waals surface area contributed by atoms with E-state index in [1.165, 1.54) is 36.0 Å². The summed E-state index contributed by atoms with van der Waals surface area (Å²) in [5.41, 5.74) is 4.41. The van der Waals surface area contributed by atoms with Crippen LogP contribution < -0.4 is 5.32 Å². The summed E-state index contributed by atoms with van der Waals surface area (Å²) < 4.78 is 0. The molecule has 0 aliphatic heterocycles. The van der Waals surface area contributed by atoms with Gasteiger partial charge in [0.1, 0.15) is 0 Å². The average Bonchev–Trinajstić information content (AvgIpc) is 2.86. The Hall–Kier alpha value is -1.31. The molecule has 0 radical (unpaired) electrons. The molecule has 0 saturated heterocycles. The fourth-order valence-electron chi connectivity index (χ4n) is 3.80.